The molecule has 0 bridgehead atoms. The molecule has 1 aromatic heterocycles. The first-order chi connectivity index (χ1) is 14.2. The van der Waals surface area contributed by atoms with Crippen LogP contribution in [0.5, 0.6) is 0 Å². The van der Waals surface area contributed by atoms with Crippen molar-refractivity contribution in [2.24, 2.45) is 0 Å². The number of nitrogens with zero attached hydrogens (tertiary/aromatic N) is 1. The first-order valence-electron chi connectivity index (χ1n) is 10.0. The molecule has 0 amide bonds. The Balaban J connectivity index is 2.06. The zero-order valence-electron chi connectivity index (χ0n) is 18.2. The highest BCUT2D eigenvalue weighted by atomic mass is 32.1. The number of rotatable bonds is 4. The van der Waals surface area contributed by atoms with Crippen molar-refractivity contribution >= 4 is 34.3 Å². The number of hydrogen-bond acceptors (Lipinski definition) is 2. The molecule has 2 aromatic carbocycles. The van der Waals surface area contributed by atoms with E-state index in [-0.39, 0.29) is 11.2 Å². The van der Waals surface area contributed by atoms with Gasteiger partial charge in [-0.2, -0.15) is 4.57 Å². The third-order valence-electron chi connectivity index (χ3n) is 5.06. The summed E-state index contributed by atoms with van der Waals surface area (Å²) < 4.78 is 1.78. The predicted octanol–water partition coefficient (Wildman–Crippen LogP) is 5.01. The molecule has 3 rings (SSSR count). The second-order valence-corrected chi connectivity index (χ2v) is 8.97. The SMILES string of the molecule is Cc1ccc(C)c(NC(=S)/C(=C(\[O-])c2ccc(C(C)(C)C)cc2)[n+]2ccccc2)c1. The number of hydrogen-bond donors (Lipinski definition) is 1. The van der Waals surface area contributed by atoms with Crippen LogP contribution in [-0.4, -0.2) is 4.99 Å². The Bertz CT molecular complexity index is 1080. The van der Waals surface area contributed by atoms with Gasteiger partial charge in [0, 0.05) is 17.8 Å². The van der Waals surface area contributed by atoms with Gasteiger partial charge in [0.15, 0.2) is 17.4 Å². The maximum absolute atomic E-state index is 13.5. The van der Waals surface area contributed by atoms with Gasteiger partial charge in [0.25, 0.3) is 0 Å². The minimum absolute atomic E-state index is 0.0296. The number of nitrogens with one attached hydrogen (secondary N) is 1. The molecule has 0 aliphatic rings. The van der Waals surface area contributed by atoms with Crippen molar-refractivity contribution in [3.8, 4) is 0 Å². The minimum Gasteiger partial charge on any atom is -0.867 e. The van der Waals surface area contributed by atoms with Crippen LogP contribution >= 0.6 is 12.2 Å². The predicted molar refractivity (Wildman–Crippen MR) is 127 cm³/mol. The van der Waals surface area contributed by atoms with Crippen molar-refractivity contribution in [3.63, 3.8) is 0 Å². The molecule has 0 saturated carbocycles. The molecule has 1 N–H and O–H groups in total. The molecule has 154 valence electrons. The van der Waals surface area contributed by atoms with Crippen molar-refractivity contribution in [2.45, 2.75) is 40.0 Å². The van der Waals surface area contributed by atoms with Gasteiger partial charge >= 0.3 is 0 Å². The van der Waals surface area contributed by atoms with Crippen LogP contribution in [0.4, 0.5) is 5.69 Å². The molecule has 0 atom stereocenters. The van der Waals surface area contributed by atoms with Gasteiger partial charge in [0.05, 0.1) is 0 Å². The van der Waals surface area contributed by atoms with E-state index in [1.54, 1.807) is 4.57 Å². The number of aromatic nitrogens is 1. The zero-order valence-corrected chi connectivity index (χ0v) is 19.0. The first-order valence-corrected chi connectivity index (χ1v) is 10.4. The van der Waals surface area contributed by atoms with Gasteiger partial charge in [0.2, 0.25) is 5.70 Å². The smallest absolute Gasteiger partial charge is 0.238 e. The van der Waals surface area contributed by atoms with E-state index in [1.165, 1.54) is 5.56 Å². The summed E-state index contributed by atoms with van der Waals surface area (Å²) in [7, 11) is 0. The second-order valence-electron chi connectivity index (χ2n) is 8.56. The summed E-state index contributed by atoms with van der Waals surface area (Å²) in [6.45, 7) is 10.5. The number of thiocarbonyl (C=S) groups is 1. The van der Waals surface area contributed by atoms with E-state index in [9.17, 15) is 5.11 Å². The van der Waals surface area contributed by atoms with Gasteiger partial charge in [-0.25, -0.2) is 0 Å². The average Bonchev–Trinajstić information content (AvgIpc) is 2.71. The Kier molecular flexibility index (Phi) is 6.37. The molecule has 0 aliphatic carbocycles. The lowest BCUT2D eigenvalue weighted by Gasteiger charge is -2.21. The topological polar surface area (TPSA) is 39.0 Å². The van der Waals surface area contributed by atoms with Gasteiger partial charge in [-0.3, -0.25) is 0 Å². The maximum atomic E-state index is 13.5. The van der Waals surface area contributed by atoms with Gasteiger partial charge in [-0.1, -0.05) is 75.5 Å². The first kappa shape index (κ1) is 21.7. The monoisotopic (exact) mass is 416 g/mol. The third-order valence-corrected chi connectivity index (χ3v) is 5.35. The normalized spacial score (nSPS) is 12.3. The molecule has 0 aliphatic heterocycles. The van der Waals surface area contributed by atoms with E-state index < -0.39 is 0 Å². The van der Waals surface area contributed by atoms with E-state index in [0.29, 0.717) is 16.2 Å². The summed E-state index contributed by atoms with van der Waals surface area (Å²) in [5, 5.41) is 16.8. The lowest BCUT2D eigenvalue weighted by atomic mass is 9.86. The van der Waals surface area contributed by atoms with Crippen LogP contribution in [-0.2, 0) is 5.41 Å². The Morgan fingerprint density at radius 1 is 0.933 bits per heavy atom. The molecule has 30 heavy (non-hydrogen) atoms. The Labute approximate surface area is 184 Å². The Morgan fingerprint density at radius 2 is 1.57 bits per heavy atom. The van der Waals surface area contributed by atoms with Crippen LogP contribution in [0.1, 0.15) is 43.0 Å². The fourth-order valence-corrected chi connectivity index (χ4v) is 3.50. The van der Waals surface area contributed by atoms with Crippen LogP contribution in [0, 0.1) is 13.8 Å². The quantitative estimate of drug-likeness (QED) is 0.281. The van der Waals surface area contributed by atoms with E-state index >= 15 is 0 Å². The number of aryl methyl sites for hydroxylation is 2. The second kappa shape index (κ2) is 8.80. The highest BCUT2D eigenvalue weighted by molar-refractivity contribution is 7.81. The van der Waals surface area contributed by atoms with E-state index in [1.807, 2.05) is 80.8 Å². The van der Waals surface area contributed by atoms with Gasteiger partial charge in [-0.05, 0) is 53.3 Å². The highest BCUT2D eigenvalue weighted by Crippen LogP contribution is 2.25. The molecule has 1 heterocycles. The van der Waals surface area contributed by atoms with E-state index in [0.717, 1.165) is 16.8 Å². The zero-order chi connectivity index (χ0) is 21.9. The summed E-state index contributed by atoms with van der Waals surface area (Å²) in [5.74, 6) is -0.116. The average molecular weight is 417 g/mol. The third kappa shape index (κ3) is 4.95. The molecular formula is C26H28N2OS. The van der Waals surface area contributed by atoms with E-state index in [2.05, 4.69) is 32.2 Å². The molecule has 0 radical (unpaired) electrons. The van der Waals surface area contributed by atoms with Crippen LogP contribution in [0.3, 0.4) is 0 Å². The van der Waals surface area contributed by atoms with Crippen molar-refractivity contribution in [1.82, 2.24) is 0 Å². The number of anilines is 1. The summed E-state index contributed by atoms with van der Waals surface area (Å²) in [5.41, 5.74) is 5.36. The molecule has 0 saturated heterocycles. The van der Waals surface area contributed by atoms with Crippen molar-refractivity contribution < 1.29 is 9.67 Å². The summed E-state index contributed by atoms with van der Waals surface area (Å²) in [4.78, 5) is 0.393. The van der Waals surface area contributed by atoms with Crippen molar-refractivity contribution in [2.75, 3.05) is 5.32 Å². The molecular weight excluding hydrogens is 388 g/mol. The van der Waals surface area contributed by atoms with Gasteiger partial charge in [0.1, 0.15) is 0 Å². The molecule has 4 heteroatoms. The van der Waals surface area contributed by atoms with E-state index in [4.69, 9.17) is 12.2 Å². The van der Waals surface area contributed by atoms with Crippen molar-refractivity contribution in [3.05, 3.63) is 95.3 Å². The van der Waals surface area contributed by atoms with Crippen LogP contribution in [0.25, 0.3) is 11.5 Å². The minimum atomic E-state index is -0.116. The summed E-state index contributed by atoms with van der Waals surface area (Å²) >= 11 is 5.71. The maximum Gasteiger partial charge on any atom is 0.238 e. The molecule has 0 spiro atoms. The van der Waals surface area contributed by atoms with Gasteiger partial charge in [-0.15, -0.1) is 0 Å². The van der Waals surface area contributed by atoms with Crippen LogP contribution < -0.4 is 15.0 Å². The molecule has 0 unspecified atom stereocenters. The molecule has 0 fully saturated rings. The standard InChI is InChI=1S/C26H28N2OS/c1-18-9-10-19(2)22(17-18)27-25(30)23(28-15-7-6-8-16-28)24(29)20-11-13-21(14-12-20)26(3,4)5/h6-17H,1-5H3,(H-,27,29,30). The van der Waals surface area contributed by atoms with Gasteiger partial charge < -0.3 is 10.4 Å². The number of benzene rings is 2. The fourth-order valence-electron chi connectivity index (χ4n) is 3.20. The number of pyridine rings is 1. The Morgan fingerprint density at radius 3 is 2.17 bits per heavy atom. The largest absolute Gasteiger partial charge is 0.867 e. The van der Waals surface area contributed by atoms with Crippen LogP contribution in [0.15, 0.2) is 73.1 Å². The summed E-state index contributed by atoms with van der Waals surface area (Å²) in [6.07, 6.45) is 3.68. The fraction of sp³-hybridized carbons (Fsp3) is 0.231. The highest BCUT2D eigenvalue weighted by Gasteiger charge is 2.20. The van der Waals surface area contributed by atoms with Crippen LogP contribution in [0.2, 0.25) is 0 Å². The van der Waals surface area contributed by atoms with Crippen molar-refractivity contribution in [1.29, 1.82) is 0 Å². The lowest BCUT2D eigenvalue weighted by molar-refractivity contribution is -0.577. The lowest BCUT2D eigenvalue weighted by Crippen LogP contribution is -2.39. The molecule has 3 aromatic rings. The Hall–Kier alpha value is -2.98. The molecule has 3 nitrogen and oxygen atoms in total. The summed E-state index contributed by atoms with van der Waals surface area (Å²) in [6, 6.07) is 19.6.